The molecule has 0 atom stereocenters. The van der Waals surface area contributed by atoms with Gasteiger partial charge >= 0.3 is 0 Å². The summed E-state index contributed by atoms with van der Waals surface area (Å²) in [7, 11) is 0. The summed E-state index contributed by atoms with van der Waals surface area (Å²) in [6, 6.07) is 9.65. The third kappa shape index (κ3) is 5.52. The molecule has 3 aromatic rings. The van der Waals surface area contributed by atoms with Gasteiger partial charge in [0.1, 0.15) is 12.1 Å². The molecule has 1 aliphatic carbocycles. The summed E-state index contributed by atoms with van der Waals surface area (Å²) in [5, 5.41) is 7.11. The van der Waals surface area contributed by atoms with Crippen molar-refractivity contribution in [1.82, 2.24) is 20.4 Å². The first-order valence-electron chi connectivity index (χ1n) is 11.3. The molecular weight excluding hydrogens is 404 g/mol. The molecule has 0 unspecified atom stereocenters. The molecule has 7 nitrogen and oxygen atoms in total. The van der Waals surface area contributed by atoms with Gasteiger partial charge in [-0.15, -0.1) is 0 Å². The molecule has 0 bridgehead atoms. The Balaban J connectivity index is 1.26. The Morgan fingerprint density at radius 1 is 1.19 bits per heavy atom. The van der Waals surface area contributed by atoms with E-state index in [9.17, 15) is 4.79 Å². The van der Waals surface area contributed by atoms with Crippen molar-refractivity contribution >= 4 is 5.91 Å². The summed E-state index contributed by atoms with van der Waals surface area (Å²) in [5.74, 6) is 2.48. The lowest BCUT2D eigenvalue weighted by atomic mass is 9.79. The molecule has 7 heteroatoms. The number of amides is 1. The Morgan fingerprint density at radius 2 is 1.97 bits per heavy atom. The van der Waals surface area contributed by atoms with E-state index in [-0.39, 0.29) is 5.91 Å². The summed E-state index contributed by atoms with van der Waals surface area (Å²) in [6.07, 6.45) is 8.01. The van der Waals surface area contributed by atoms with Crippen LogP contribution < -0.4 is 10.1 Å². The molecule has 1 amide bonds. The first-order chi connectivity index (χ1) is 15.6. The smallest absolute Gasteiger partial charge is 0.224 e. The number of hydrogen-bond donors (Lipinski definition) is 1. The summed E-state index contributed by atoms with van der Waals surface area (Å²) in [4.78, 5) is 21.1. The minimum absolute atomic E-state index is 0.0649. The van der Waals surface area contributed by atoms with Crippen molar-refractivity contribution in [3.05, 3.63) is 59.8 Å². The largest absolute Gasteiger partial charge is 0.494 e. The molecule has 1 aliphatic rings. The summed E-state index contributed by atoms with van der Waals surface area (Å²) in [6.45, 7) is 5.23. The number of ether oxygens (including phenoxy) is 1. The van der Waals surface area contributed by atoms with E-state index in [4.69, 9.17) is 9.26 Å². The molecule has 4 rings (SSSR count). The molecule has 0 saturated heterocycles. The predicted molar refractivity (Wildman–Crippen MR) is 121 cm³/mol. The second-order valence-electron chi connectivity index (χ2n) is 8.43. The van der Waals surface area contributed by atoms with Gasteiger partial charge in [-0.1, -0.05) is 17.3 Å². The van der Waals surface area contributed by atoms with Crippen LogP contribution in [0.5, 0.6) is 5.75 Å². The number of nitrogens with one attached hydrogen (secondary N) is 1. The van der Waals surface area contributed by atoms with Crippen LogP contribution in [0.2, 0.25) is 0 Å². The monoisotopic (exact) mass is 434 g/mol. The molecule has 0 radical (unpaired) electrons. The Hall–Kier alpha value is -3.22. The molecule has 1 aromatic carbocycles. The molecular formula is C25H30N4O3. The second kappa shape index (κ2) is 10.4. The van der Waals surface area contributed by atoms with Gasteiger partial charge in [0.25, 0.3) is 0 Å². The fourth-order valence-electron chi connectivity index (χ4n) is 4.36. The van der Waals surface area contributed by atoms with E-state index in [1.54, 1.807) is 6.33 Å². The van der Waals surface area contributed by atoms with Crippen molar-refractivity contribution in [3.63, 3.8) is 0 Å². The highest BCUT2D eigenvalue weighted by Gasteiger charge is 2.26. The number of rotatable bonds is 8. The number of benzene rings is 1. The lowest BCUT2D eigenvalue weighted by Gasteiger charge is -2.29. The average Bonchev–Trinajstić information content (AvgIpc) is 3.26. The van der Waals surface area contributed by atoms with Gasteiger partial charge in [0.05, 0.1) is 30.0 Å². The van der Waals surface area contributed by atoms with Gasteiger partial charge in [0.2, 0.25) is 5.91 Å². The Kier molecular flexibility index (Phi) is 7.14. The van der Waals surface area contributed by atoms with Gasteiger partial charge in [0.15, 0.2) is 5.76 Å². The number of aromatic nitrogens is 3. The van der Waals surface area contributed by atoms with E-state index in [1.807, 2.05) is 50.4 Å². The maximum Gasteiger partial charge on any atom is 0.224 e. The quantitative estimate of drug-likeness (QED) is 0.562. The van der Waals surface area contributed by atoms with Gasteiger partial charge in [-0.2, -0.15) is 0 Å². The molecule has 2 heterocycles. The maximum atomic E-state index is 12.4. The number of carbonyl (C=O) groups is 1. The standard InChI is InChI=1S/C25H30N4O3/c1-3-31-21-10-6-18(7-11-21)13-24(30)27-14-19-4-8-20(9-5-19)25-22(15-26-16-28-25)23-12-17(2)29-32-23/h6-7,10-12,15-16,19-20H,3-5,8-9,13-14H2,1-2H3,(H,27,30). The van der Waals surface area contributed by atoms with Gasteiger partial charge in [-0.05, 0) is 63.1 Å². The van der Waals surface area contributed by atoms with E-state index in [0.29, 0.717) is 24.9 Å². The fraction of sp³-hybridized carbons (Fsp3) is 0.440. The van der Waals surface area contributed by atoms with Crippen molar-refractivity contribution in [2.75, 3.05) is 13.2 Å². The number of hydrogen-bond acceptors (Lipinski definition) is 6. The molecule has 0 spiro atoms. The SMILES string of the molecule is CCOc1ccc(CC(=O)NCC2CCC(c3ncncc3-c3cc(C)no3)CC2)cc1. The zero-order valence-corrected chi connectivity index (χ0v) is 18.7. The van der Waals surface area contributed by atoms with Crippen molar-refractivity contribution in [1.29, 1.82) is 0 Å². The van der Waals surface area contributed by atoms with E-state index in [0.717, 1.165) is 66.3 Å². The van der Waals surface area contributed by atoms with Gasteiger partial charge < -0.3 is 14.6 Å². The van der Waals surface area contributed by atoms with Gasteiger partial charge in [-0.3, -0.25) is 4.79 Å². The molecule has 1 fully saturated rings. The van der Waals surface area contributed by atoms with Gasteiger partial charge in [-0.25, -0.2) is 9.97 Å². The zero-order chi connectivity index (χ0) is 22.3. The topological polar surface area (TPSA) is 90.1 Å². The number of aryl methyl sites for hydroxylation is 1. The highest BCUT2D eigenvalue weighted by Crippen LogP contribution is 2.38. The average molecular weight is 435 g/mol. The number of nitrogens with zero attached hydrogens (tertiary/aromatic N) is 3. The number of carbonyl (C=O) groups excluding carboxylic acids is 1. The molecule has 168 valence electrons. The van der Waals surface area contributed by atoms with Crippen LogP contribution in [0, 0.1) is 12.8 Å². The summed E-state index contributed by atoms with van der Waals surface area (Å²) < 4.78 is 10.9. The van der Waals surface area contributed by atoms with Gasteiger partial charge in [0, 0.05) is 24.7 Å². The van der Waals surface area contributed by atoms with E-state index in [2.05, 4.69) is 20.4 Å². The minimum Gasteiger partial charge on any atom is -0.494 e. The molecule has 1 saturated carbocycles. The third-order valence-corrected chi connectivity index (χ3v) is 6.06. The van der Waals surface area contributed by atoms with Crippen LogP contribution in [0.1, 0.15) is 55.5 Å². The maximum absolute atomic E-state index is 12.4. The van der Waals surface area contributed by atoms with Crippen LogP contribution in [0.15, 0.2) is 47.4 Å². The van der Waals surface area contributed by atoms with Crippen molar-refractivity contribution < 1.29 is 14.1 Å². The molecule has 32 heavy (non-hydrogen) atoms. The summed E-state index contributed by atoms with van der Waals surface area (Å²) >= 11 is 0. The van der Waals surface area contributed by atoms with Crippen LogP contribution in [-0.4, -0.2) is 34.2 Å². The Morgan fingerprint density at radius 3 is 2.66 bits per heavy atom. The molecule has 1 N–H and O–H groups in total. The van der Waals surface area contributed by atoms with Crippen molar-refractivity contribution in [2.24, 2.45) is 5.92 Å². The molecule has 2 aromatic heterocycles. The van der Waals surface area contributed by atoms with E-state index in [1.165, 1.54) is 0 Å². The van der Waals surface area contributed by atoms with E-state index >= 15 is 0 Å². The first-order valence-corrected chi connectivity index (χ1v) is 11.3. The van der Waals surface area contributed by atoms with Crippen LogP contribution in [0.3, 0.4) is 0 Å². The Labute approximate surface area is 188 Å². The van der Waals surface area contributed by atoms with Crippen molar-refractivity contribution in [2.45, 2.75) is 51.9 Å². The van der Waals surface area contributed by atoms with Crippen LogP contribution in [0.4, 0.5) is 0 Å². The fourth-order valence-corrected chi connectivity index (χ4v) is 4.36. The Bertz CT molecular complexity index is 1020. The normalized spacial score (nSPS) is 18.3. The summed E-state index contributed by atoms with van der Waals surface area (Å²) in [5.41, 5.74) is 3.81. The molecule has 0 aliphatic heterocycles. The highest BCUT2D eigenvalue weighted by molar-refractivity contribution is 5.78. The van der Waals surface area contributed by atoms with E-state index < -0.39 is 0 Å². The first kappa shape index (κ1) is 22.0. The minimum atomic E-state index is 0.0649. The third-order valence-electron chi connectivity index (χ3n) is 6.06. The van der Waals surface area contributed by atoms with Crippen LogP contribution in [-0.2, 0) is 11.2 Å². The van der Waals surface area contributed by atoms with Crippen LogP contribution >= 0.6 is 0 Å². The zero-order valence-electron chi connectivity index (χ0n) is 18.7. The van der Waals surface area contributed by atoms with Crippen LogP contribution in [0.25, 0.3) is 11.3 Å². The lowest BCUT2D eigenvalue weighted by Crippen LogP contribution is -2.32. The second-order valence-corrected chi connectivity index (χ2v) is 8.43. The highest BCUT2D eigenvalue weighted by atomic mass is 16.5. The predicted octanol–water partition coefficient (Wildman–Crippen LogP) is 4.47. The lowest BCUT2D eigenvalue weighted by molar-refractivity contribution is -0.120. The van der Waals surface area contributed by atoms with Crippen molar-refractivity contribution in [3.8, 4) is 17.1 Å².